The highest BCUT2D eigenvalue weighted by Crippen LogP contribution is 2.66. The zero-order valence-corrected chi connectivity index (χ0v) is 15.2. The maximum Gasteiger partial charge on any atom is 0.189 e. The van der Waals surface area contributed by atoms with E-state index in [1.165, 1.54) is 24.8 Å². The third-order valence-electron chi connectivity index (χ3n) is 8.26. The molecule has 2 nitrogen and oxygen atoms in total. The van der Waals surface area contributed by atoms with Crippen LogP contribution >= 0.6 is 12.6 Å². The SMILES string of the molecule is C[C@]12CCC(=O)C=C1CC[C@@H]1[C@H]2CC[C@]2(C)C(C(=O)S)CC[C@@H]12. The summed E-state index contributed by atoms with van der Waals surface area (Å²) in [6.45, 7) is 4.78. The second-order valence-electron chi connectivity index (χ2n) is 8.98. The first-order chi connectivity index (χ1) is 10.9. The van der Waals surface area contributed by atoms with Crippen LogP contribution in [0.15, 0.2) is 11.6 Å². The molecule has 0 aliphatic heterocycles. The van der Waals surface area contributed by atoms with E-state index in [1.807, 2.05) is 6.08 Å². The molecular formula is C20H28O2S. The molecule has 0 heterocycles. The molecule has 0 aromatic rings. The van der Waals surface area contributed by atoms with Crippen molar-refractivity contribution in [1.82, 2.24) is 0 Å². The molecule has 23 heavy (non-hydrogen) atoms. The molecule has 0 saturated heterocycles. The van der Waals surface area contributed by atoms with E-state index in [9.17, 15) is 9.59 Å². The minimum Gasteiger partial charge on any atom is -0.295 e. The van der Waals surface area contributed by atoms with Crippen LogP contribution in [0.5, 0.6) is 0 Å². The van der Waals surface area contributed by atoms with Gasteiger partial charge >= 0.3 is 0 Å². The fraction of sp³-hybridized carbons (Fsp3) is 0.800. The zero-order valence-electron chi connectivity index (χ0n) is 14.3. The Morgan fingerprint density at radius 1 is 1.09 bits per heavy atom. The zero-order chi connectivity index (χ0) is 16.4. The molecule has 0 amide bonds. The van der Waals surface area contributed by atoms with Gasteiger partial charge in [-0.25, -0.2) is 0 Å². The van der Waals surface area contributed by atoms with Crippen molar-refractivity contribution < 1.29 is 9.59 Å². The summed E-state index contributed by atoms with van der Waals surface area (Å²) in [5.41, 5.74) is 1.84. The molecule has 0 radical (unpaired) electrons. The lowest BCUT2D eigenvalue weighted by molar-refractivity contribution is -0.122. The van der Waals surface area contributed by atoms with Gasteiger partial charge in [-0.2, -0.15) is 0 Å². The second kappa shape index (κ2) is 5.21. The van der Waals surface area contributed by atoms with Crippen LogP contribution in [-0.4, -0.2) is 10.9 Å². The van der Waals surface area contributed by atoms with Crippen molar-refractivity contribution in [2.24, 2.45) is 34.5 Å². The van der Waals surface area contributed by atoms with Gasteiger partial charge in [0.15, 0.2) is 10.9 Å². The molecular weight excluding hydrogens is 304 g/mol. The Labute approximate surface area is 144 Å². The predicted octanol–water partition coefficient (Wildman–Crippen LogP) is 4.59. The third-order valence-corrected chi connectivity index (χ3v) is 8.57. The number of allylic oxidation sites excluding steroid dienone is 1. The summed E-state index contributed by atoms with van der Waals surface area (Å²) in [4.78, 5) is 23.9. The molecule has 0 spiro atoms. The Morgan fingerprint density at radius 3 is 2.61 bits per heavy atom. The molecule has 3 heteroatoms. The Balaban J connectivity index is 1.67. The van der Waals surface area contributed by atoms with Crippen LogP contribution < -0.4 is 0 Å². The van der Waals surface area contributed by atoms with Crippen LogP contribution in [-0.2, 0) is 9.59 Å². The summed E-state index contributed by atoms with van der Waals surface area (Å²) in [6, 6.07) is 0. The van der Waals surface area contributed by atoms with Crippen LogP contribution in [0.1, 0.15) is 65.2 Å². The molecule has 126 valence electrons. The number of fused-ring (bicyclic) bond motifs is 5. The number of thiol groups is 1. The highest BCUT2D eigenvalue weighted by molar-refractivity contribution is 7.96. The van der Waals surface area contributed by atoms with E-state index >= 15 is 0 Å². The number of ketones is 1. The lowest BCUT2D eigenvalue weighted by Gasteiger charge is -2.58. The van der Waals surface area contributed by atoms with Crippen molar-refractivity contribution in [3.63, 3.8) is 0 Å². The van der Waals surface area contributed by atoms with Crippen molar-refractivity contribution in [3.05, 3.63) is 11.6 Å². The lowest BCUT2D eigenvalue weighted by atomic mass is 9.47. The molecule has 3 saturated carbocycles. The maximum absolute atomic E-state index is 12.0. The summed E-state index contributed by atoms with van der Waals surface area (Å²) >= 11 is 4.20. The van der Waals surface area contributed by atoms with Crippen LogP contribution in [0, 0.1) is 34.5 Å². The van der Waals surface area contributed by atoms with Crippen molar-refractivity contribution >= 4 is 23.5 Å². The molecule has 0 aromatic carbocycles. The van der Waals surface area contributed by atoms with E-state index in [4.69, 9.17) is 0 Å². The molecule has 6 atom stereocenters. The Morgan fingerprint density at radius 2 is 1.87 bits per heavy atom. The average Bonchev–Trinajstić information content (AvgIpc) is 2.85. The van der Waals surface area contributed by atoms with Gasteiger partial charge in [0.2, 0.25) is 0 Å². The van der Waals surface area contributed by atoms with Crippen LogP contribution in [0.25, 0.3) is 0 Å². The standard InChI is InChI=1S/C20H28O2S/c1-19-9-7-13(21)11-12(19)3-4-14-15-5-6-17(18(22)23)20(15,2)10-8-16(14)19/h11,14-17H,3-10H2,1-2H3,(H,22,23)/t14-,15-,16+,17?,19-,20-/m0/s1. The van der Waals surface area contributed by atoms with Gasteiger partial charge in [0.25, 0.3) is 0 Å². The monoisotopic (exact) mass is 332 g/mol. The van der Waals surface area contributed by atoms with Gasteiger partial charge in [0.05, 0.1) is 0 Å². The smallest absolute Gasteiger partial charge is 0.189 e. The topological polar surface area (TPSA) is 34.1 Å². The van der Waals surface area contributed by atoms with Crippen molar-refractivity contribution in [3.8, 4) is 0 Å². The van der Waals surface area contributed by atoms with Gasteiger partial charge in [-0.1, -0.05) is 19.4 Å². The first-order valence-electron chi connectivity index (χ1n) is 9.33. The van der Waals surface area contributed by atoms with E-state index < -0.39 is 0 Å². The van der Waals surface area contributed by atoms with Gasteiger partial charge < -0.3 is 0 Å². The number of rotatable bonds is 1. The third kappa shape index (κ3) is 2.14. The van der Waals surface area contributed by atoms with Gasteiger partial charge in [-0.05, 0) is 79.6 Å². The van der Waals surface area contributed by atoms with E-state index in [1.54, 1.807) is 0 Å². The Bertz CT molecular complexity index is 594. The highest BCUT2D eigenvalue weighted by atomic mass is 32.1. The first kappa shape index (κ1) is 15.9. The molecule has 4 rings (SSSR count). The van der Waals surface area contributed by atoms with Gasteiger partial charge in [-0.15, -0.1) is 12.6 Å². The molecule has 4 aliphatic rings. The van der Waals surface area contributed by atoms with Crippen LogP contribution in [0.3, 0.4) is 0 Å². The van der Waals surface area contributed by atoms with Crippen LogP contribution in [0.4, 0.5) is 0 Å². The van der Waals surface area contributed by atoms with Crippen LogP contribution in [0.2, 0.25) is 0 Å². The van der Waals surface area contributed by atoms with E-state index in [0.29, 0.717) is 17.6 Å². The summed E-state index contributed by atoms with van der Waals surface area (Å²) < 4.78 is 0. The van der Waals surface area contributed by atoms with Gasteiger partial charge in [-0.3, -0.25) is 9.59 Å². The van der Waals surface area contributed by atoms with Gasteiger partial charge in [0, 0.05) is 12.3 Å². The highest BCUT2D eigenvalue weighted by Gasteiger charge is 2.59. The fourth-order valence-corrected chi connectivity index (χ4v) is 7.39. The maximum atomic E-state index is 12.0. The second-order valence-corrected chi connectivity index (χ2v) is 9.42. The number of carbonyl (C=O) groups is 2. The van der Waals surface area contributed by atoms with Gasteiger partial charge in [0.1, 0.15) is 0 Å². The molecule has 4 aliphatic carbocycles. The largest absolute Gasteiger partial charge is 0.295 e. The summed E-state index contributed by atoms with van der Waals surface area (Å²) in [5, 5.41) is 0.110. The van der Waals surface area contributed by atoms with Crippen molar-refractivity contribution in [1.29, 1.82) is 0 Å². The van der Waals surface area contributed by atoms with E-state index in [-0.39, 0.29) is 21.9 Å². The number of carbonyl (C=O) groups excluding carboxylic acids is 2. The molecule has 0 N–H and O–H groups in total. The number of hydrogen-bond acceptors (Lipinski definition) is 2. The fourth-order valence-electron chi connectivity index (χ4n) is 6.97. The lowest BCUT2D eigenvalue weighted by Crippen LogP contribution is -2.50. The van der Waals surface area contributed by atoms with E-state index in [0.717, 1.165) is 38.0 Å². The van der Waals surface area contributed by atoms with Crippen molar-refractivity contribution in [2.45, 2.75) is 65.2 Å². The van der Waals surface area contributed by atoms with Crippen molar-refractivity contribution in [2.75, 3.05) is 0 Å². The average molecular weight is 333 g/mol. The Kier molecular flexibility index (Phi) is 3.61. The first-order valence-corrected chi connectivity index (χ1v) is 9.77. The Hall–Kier alpha value is -0.570. The quantitative estimate of drug-likeness (QED) is 0.713. The minimum atomic E-state index is 0.110. The summed E-state index contributed by atoms with van der Waals surface area (Å²) in [6.07, 6.45) is 10.7. The minimum absolute atomic E-state index is 0.110. The molecule has 1 unspecified atom stereocenters. The predicted molar refractivity (Wildman–Crippen MR) is 94.2 cm³/mol. The normalized spacial score (nSPS) is 49.0. The molecule has 3 fully saturated rings. The summed E-state index contributed by atoms with van der Waals surface area (Å²) in [7, 11) is 0. The molecule has 0 bridgehead atoms. The summed E-state index contributed by atoms with van der Waals surface area (Å²) in [5.74, 6) is 2.62. The van der Waals surface area contributed by atoms with E-state index in [2.05, 4.69) is 26.5 Å². The number of hydrogen-bond donors (Lipinski definition) is 1. The molecule has 0 aromatic heterocycles.